The molecule has 1 aromatic heterocycles. The largest absolute Gasteiger partial charge is 0.411 e. The molecule has 1 aliphatic rings. The van der Waals surface area contributed by atoms with Crippen LogP contribution in [-0.2, 0) is 4.74 Å². The van der Waals surface area contributed by atoms with Crippen LogP contribution >= 0.6 is 0 Å². The van der Waals surface area contributed by atoms with Gasteiger partial charge in [0.15, 0.2) is 0 Å². The fraction of sp³-hybridized carbons (Fsp3) is 0.444. The second kappa shape index (κ2) is 7.39. The van der Waals surface area contributed by atoms with Gasteiger partial charge in [0.25, 0.3) is 5.91 Å². The lowest BCUT2D eigenvalue weighted by Crippen LogP contribution is -2.41. The number of carbonyl (C=O) groups excluding carboxylic acids is 1. The van der Waals surface area contributed by atoms with E-state index < -0.39 is 18.9 Å². The number of amides is 1. The molecule has 0 unspecified atom stereocenters. The Morgan fingerprint density at radius 3 is 2.80 bits per heavy atom. The molecule has 2 aromatic rings. The van der Waals surface area contributed by atoms with Gasteiger partial charge in [0.2, 0.25) is 0 Å². The molecule has 4 nitrogen and oxygen atoms in total. The fourth-order valence-electron chi connectivity index (χ4n) is 3.09. The molecule has 1 saturated carbocycles. The number of rotatable bonds is 4. The van der Waals surface area contributed by atoms with Gasteiger partial charge in [0, 0.05) is 11.4 Å². The van der Waals surface area contributed by atoms with Crippen molar-refractivity contribution in [1.82, 2.24) is 10.3 Å². The Kier molecular flexibility index (Phi) is 5.22. The van der Waals surface area contributed by atoms with Crippen LogP contribution in [0.2, 0.25) is 0 Å². The summed E-state index contributed by atoms with van der Waals surface area (Å²) in [6.45, 7) is -1.25. The zero-order chi connectivity index (χ0) is 17.9. The van der Waals surface area contributed by atoms with Gasteiger partial charge in [0.05, 0.1) is 11.6 Å². The van der Waals surface area contributed by atoms with E-state index in [1.54, 1.807) is 6.07 Å². The molecule has 7 heteroatoms. The summed E-state index contributed by atoms with van der Waals surface area (Å²) in [5.74, 6) is -0.313. The third-order valence-corrected chi connectivity index (χ3v) is 4.28. The van der Waals surface area contributed by atoms with Crippen molar-refractivity contribution < 1.29 is 22.7 Å². The monoisotopic (exact) mass is 352 g/mol. The highest BCUT2D eigenvalue weighted by Crippen LogP contribution is 2.24. The zero-order valence-electron chi connectivity index (χ0n) is 13.6. The van der Waals surface area contributed by atoms with Crippen LogP contribution in [0.4, 0.5) is 13.2 Å². The number of nitrogens with one attached hydrogen (secondary N) is 1. The lowest BCUT2D eigenvalue weighted by molar-refractivity contribution is -0.188. The quantitative estimate of drug-likeness (QED) is 0.909. The van der Waals surface area contributed by atoms with E-state index in [4.69, 9.17) is 4.74 Å². The molecular formula is C18H19F3N2O2. The first-order chi connectivity index (χ1) is 11.9. The Morgan fingerprint density at radius 1 is 1.20 bits per heavy atom. The molecule has 0 bridgehead atoms. The first-order valence-electron chi connectivity index (χ1n) is 8.26. The van der Waals surface area contributed by atoms with E-state index in [1.807, 2.05) is 30.3 Å². The van der Waals surface area contributed by atoms with Crippen LogP contribution in [-0.4, -0.2) is 35.8 Å². The van der Waals surface area contributed by atoms with Gasteiger partial charge in [-0.05, 0) is 37.8 Å². The maximum atomic E-state index is 12.4. The number of hydrogen-bond acceptors (Lipinski definition) is 3. The normalized spacial score (nSPS) is 21.2. The van der Waals surface area contributed by atoms with Crippen LogP contribution in [0.3, 0.4) is 0 Å². The molecule has 0 spiro atoms. The Balaban J connectivity index is 1.59. The number of para-hydroxylation sites is 1. The predicted octanol–water partition coefficient (Wildman–Crippen LogP) is 3.85. The summed E-state index contributed by atoms with van der Waals surface area (Å²) < 4.78 is 41.7. The van der Waals surface area contributed by atoms with Crippen molar-refractivity contribution in [3.63, 3.8) is 0 Å². The predicted molar refractivity (Wildman–Crippen MR) is 87.3 cm³/mol. The van der Waals surface area contributed by atoms with Crippen molar-refractivity contribution in [2.45, 2.75) is 44.0 Å². The van der Waals surface area contributed by atoms with E-state index in [0.717, 1.165) is 23.7 Å². The molecule has 1 heterocycles. The molecular weight excluding hydrogens is 333 g/mol. The minimum atomic E-state index is -4.33. The number of pyridine rings is 1. The summed E-state index contributed by atoms with van der Waals surface area (Å²) in [5.41, 5.74) is 1.03. The minimum Gasteiger partial charge on any atom is -0.369 e. The smallest absolute Gasteiger partial charge is 0.369 e. The van der Waals surface area contributed by atoms with E-state index in [0.29, 0.717) is 18.5 Å². The van der Waals surface area contributed by atoms with Crippen molar-refractivity contribution in [1.29, 1.82) is 0 Å². The van der Waals surface area contributed by atoms with Crippen LogP contribution in [0.15, 0.2) is 36.4 Å². The summed E-state index contributed by atoms with van der Waals surface area (Å²) in [5, 5.41) is 3.81. The molecule has 1 aromatic carbocycles. The lowest BCUT2D eigenvalue weighted by Gasteiger charge is -2.30. The van der Waals surface area contributed by atoms with Gasteiger partial charge >= 0.3 is 6.18 Å². The van der Waals surface area contributed by atoms with Crippen LogP contribution in [0, 0.1) is 0 Å². The Hall–Kier alpha value is -2.15. The van der Waals surface area contributed by atoms with Gasteiger partial charge in [-0.25, -0.2) is 4.98 Å². The Morgan fingerprint density at radius 2 is 2.00 bits per heavy atom. The third-order valence-electron chi connectivity index (χ3n) is 4.28. The van der Waals surface area contributed by atoms with Crippen LogP contribution in [0.1, 0.15) is 36.2 Å². The SMILES string of the molecule is O=C(N[C@H]1CCC[C@H](OCC(F)(F)F)C1)c1ccc2ccccc2n1. The molecule has 25 heavy (non-hydrogen) atoms. The number of hydrogen-bond donors (Lipinski definition) is 1. The maximum absolute atomic E-state index is 12.4. The summed E-state index contributed by atoms with van der Waals surface area (Å²) in [6, 6.07) is 10.8. The molecule has 134 valence electrons. The van der Waals surface area contributed by atoms with Crippen LogP contribution in [0.5, 0.6) is 0 Å². The number of benzene rings is 1. The molecule has 1 fully saturated rings. The van der Waals surface area contributed by atoms with Crippen LogP contribution in [0.25, 0.3) is 10.9 Å². The van der Waals surface area contributed by atoms with Crippen molar-refractivity contribution in [3.8, 4) is 0 Å². The first kappa shape index (κ1) is 17.7. The number of aromatic nitrogens is 1. The van der Waals surface area contributed by atoms with Gasteiger partial charge in [-0.15, -0.1) is 0 Å². The van der Waals surface area contributed by atoms with Crippen molar-refractivity contribution in [2.24, 2.45) is 0 Å². The standard InChI is InChI=1S/C18H19F3N2O2/c19-18(20,21)11-25-14-6-3-5-13(10-14)22-17(24)16-9-8-12-4-1-2-7-15(12)23-16/h1-2,4,7-9,13-14H,3,5-6,10-11H2,(H,22,24)/t13-,14-/m0/s1. The summed E-state index contributed by atoms with van der Waals surface area (Å²) >= 11 is 0. The summed E-state index contributed by atoms with van der Waals surface area (Å²) in [4.78, 5) is 16.7. The Bertz CT molecular complexity index is 748. The van der Waals surface area contributed by atoms with E-state index in [9.17, 15) is 18.0 Å². The molecule has 3 rings (SSSR count). The summed E-state index contributed by atoms with van der Waals surface area (Å²) in [6.07, 6.45) is -2.40. The third kappa shape index (κ3) is 4.92. The number of carbonyl (C=O) groups is 1. The van der Waals surface area contributed by atoms with Crippen molar-refractivity contribution in [2.75, 3.05) is 6.61 Å². The summed E-state index contributed by atoms with van der Waals surface area (Å²) in [7, 11) is 0. The minimum absolute atomic E-state index is 0.201. The Labute approximate surface area is 143 Å². The highest BCUT2D eigenvalue weighted by atomic mass is 19.4. The fourth-order valence-corrected chi connectivity index (χ4v) is 3.09. The van der Waals surface area contributed by atoms with Gasteiger partial charge in [-0.1, -0.05) is 24.3 Å². The van der Waals surface area contributed by atoms with Crippen LogP contribution < -0.4 is 5.32 Å². The molecule has 0 radical (unpaired) electrons. The van der Waals surface area contributed by atoms with Gasteiger partial charge < -0.3 is 10.1 Å². The van der Waals surface area contributed by atoms with Gasteiger partial charge in [-0.2, -0.15) is 13.2 Å². The lowest BCUT2D eigenvalue weighted by atomic mass is 9.92. The topological polar surface area (TPSA) is 51.2 Å². The molecule has 1 N–H and O–H groups in total. The number of alkyl halides is 3. The van der Waals surface area contributed by atoms with E-state index >= 15 is 0 Å². The first-order valence-corrected chi connectivity index (χ1v) is 8.26. The molecule has 0 aliphatic heterocycles. The highest BCUT2D eigenvalue weighted by molar-refractivity contribution is 5.95. The molecule has 0 saturated heterocycles. The van der Waals surface area contributed by atoms with Crippen molar-refractivity contribution in [3.05, 3.63) is 42.1 Å². The average Bonchev–Trinajstić information content (AvgIpc) is 2.59. The second-order valence-electron chi connectivity index (χ2n) is 6.27. The molecule has 2 atom stereocenters. The van der Waals surface area contributed by atoms with E-state index in [-0.39, 0.29) is 11.9 Å². The second-order valence-corrected chi connectivity index (χ2v) is 6.27. The molecule has 1 amide bonds. The van der Waals surface area contributed by atoms with E-state index in [2.05, 4.69) is 10.3 Å². The zero-order valence-corrected chi connectivity index (χ0v) is 13.6. The van der Waals surface area contributed by atoms with E-state index in [1.165, 1.54) is 0 Å². The van der Waals surface area contributed by atoms with Gasteiger partial charge in [0.1, 0.15) is 12.3 Å². The number of fused-ring (bicyclic) bond motifs is 1. The van der Waals surface area contributed by atoms with Gasteiger partial charge in [-0.3, -0.25) is 4.79 Å². The number of halogens is 3. The maximum Gasteiger partial charge on any atom is 0.411 e. The highest BCUT2D eigenvalue weighted by Gasteiger charge is 2.31. The molecule has 1 aliphatic carbocycles. The average molecular weight is 352 g/mol. The van der Waals surface area contributed by atoms with Crippen molar-refractivity contribution >= 4 is 16.8 Å². The number of nitrogens with zero attached hydrogens (tertiary/aromatic N) is 1. The number of ether oxygens (including phenoxy) is 1.